The van der Waals surface area contributed by atoms with Gasteiger partial charge < -0.3 is 10.2 Å². The maximum atomic E-state index is 13.4. The zero-order chi connectivity index (χ0) is 24.1. The Morgan fingerprint density at radius 2 is 1.53 bits per heavy atom. The van der Waals surface area contributed by atoms with Crippen molar-refractivity contribution in [2.24, 2.45) is 0 Å². The molecule has 4 rings (SSSR count). The molecule has 0 aliphatic carbocycles. The van der Waals surface area contributed by atoms with Gasteiger partial charge in [-0.3, -0.25) is 9.10 Å². The number of nitrogens with one attached hydrogen (secondary N) is 1. The summed E-state index contributed by atoms with van der Waals surface area (Å²) in [4.78, 5) is 15.2. The van der Waals surface area contributed by atoms with Gasteiger partial charge in [0.1, 0.15) is 6.54 Å². The van der Waals surface area contributed by atoms with Crippen LogP contribution in [0.1, 0.15) is 18.4 Å². The van der Waals surface area contributed by atoms with Crippen molar-refractivity contribution in [3.8, 4) is 0 Å². The van der Waals surface area contributed by atoms with E-state index in [9.17, 15) is 13.2 Å². The van der Waals surface area contributed by atoms with Crippen LogP contribution in [0.2, 0.25) is 10.0 Å². The molecule has 3 aromatic carbocycles. The average molecular weight is 518 g/mol. The van der Waals surface area contributed by atoms with Crippen LogP contribution in [0, 0.1) is 0 Å². The summed E-state index contributed by atoms with van der Waals surface area (Å²) >= 11 is 12.2. The van der Waals surface area contributed by atoms with Crippen LogP contribution < -0.4 is 14.5 Å². The summed E-state index contributed by atoms with van der Waals surface area (Å²) in [6.07, 6.45) is 2.41. The number of carbonyl (C=O) groups is 1. The van der Waals surface area contributed by atoms with Crippen LogP contribution in [-0.4, -0.2) is 34.0 Å². The summed E-state index contributed by atoms with van der Waals surface area (Å²) < 4.78 is 27.8. The number of sulfonamides is 1. The van der Waals surface area contributed by atoms with Crippen molar-refractivity contribution in [3.63, 3.8) is 0 Å². The van der Waals surface area contributed by atoms with Crippen molar-refractivity contribution < 1.29 is 13.2 Å². The molecule has 1 N–H and O–H groups in total. The minimum Gasteiger partial charge on any atom is -0.372 e. The predicted molar refractivity (Wildman–Crippen MR) is 137 cm³/mol. The Morgan fingerprint density at radius 1 is 0.912 bits per heavy atom. The molecule has 6 nitrogen and oxygen atoms in total. The molecule has 0 bridgehead atoms. The van der Waals surface area contributed by atoms with Crippen molar-refractivity contribution >= 4 is 50.5 Å². The van der Waals surface area contributed by atoms with Gasteiger partial charge >= 0.3 is 0 Å². The van der Waals surface area contributed by atoms with Crippen LogP contribution in [0.4, 0.5) is 11.4 Å². The van der Waals surface area contributed by atoms with Gasteiger partial charge in [0.2, 0.25) is 5.91 Å². The smallest absolute Gasteiger partial charge is 0.264 e. The zero-order valence-electron chi connectivity index (χ0n) is 18.5. The first-order valence-corrected chi connectivity index (χ1v) is 13.2. The molecule has 1 aliphatic rings. The Kier molecular flexibility index (Phi) is 7.66. The van der Waals surface area contributed by atoms with E-state index in [0.29, 0.717) is 0 Å². The lowest BCUT2D eigenvalue weighted by Gasteiger charge is -2.24. The molecule has 0 atom stereocenters. The maximum absolute atomic E-state index is 13.4. The molecule has 0 unspecified atom stereocenters. The van der Waals surface area contributed by atoms with E-state index in [1.807, 2.05) is 24.3 Å². The topological polar surface area (TPSA) is 69.7 Å². The summed E-state index contributed by atoms with van der Waals surface area (Å²) in [6.45, 7) is 2.00. The summed E-state index contributed by atoms with van der Waals surface area (Å²) in [7, 11) is -4.03. The number of hydrogen-bond donors (Lipinski definition) is 1. The van der Waals surface area contributed by atoms with Crippen LogP contribution in [0.25, 0.3) is 0 Å². The Labute approximate surface area is 210 Å². The number of amides is 1. The second-order valence-electron chi connectivity index (χ2n) is 8.09. The summed E-state index contributed by atoms with van der Waals surface area (Å²) in [6, 6.07) is 20.4. The molecule has 34 heavy (non-hydrogen) atoms. The van der Waals surface area contributed by atoms with E-state index in [0.717, 1.165) is 23.0 Å². The Morgan fingerprint density at radius 3 is 2.15 bits per heavy atom. The van der Waals surface area contributed by atoms with Crippen molar-refractivity contribution in [1.29, 1.82) is 0 Å². The molecular weight excluding hydrogens is 493 g/mol. The average Bonchev–Trinajstić information content (AvgIpc) is 3.36. The van der Waals surface area contributed by atoms with Gasteiger partial charge in [-0.15, -0.1) is 0 Å². The normalized spacial score (nSPS) is 13.6. The third-order valence-electron chi connectivity index (χ3n) is 5.65. The van der Waals surface area contributed by atoms with E-state index in [1.165, 1.54) is 48.9 Å². The standard InChI is InChI=1S/C25H25Cl2N3O3S/c26-20-14-21(27)16-23(15-20)30(34(32,33)24-6-2-1-3-7-24)18-25(31)28-17-19-8-10-22(11-9-19)29-12-4-5-13-29/h1-3,6-11,14-16H,4-5,12-13,17-18H2,(H,28,31). The van der Waals surface area contributed by atoms with E-state index in [2.05, 4.69) is 10.2 Å². The van der Waals surface area contributed by atoms with Crippen LogP contribution in [-0.2, 0) is 21.4 Å². The lowest BCUT2D eigenvalue weighted by Crippen LogP contribution is -2.40. The van der Waals surface area contributed by atoms with Crippen molar-refractivity contribution in [1.82, 2.24) is 5.32 Å². The highest BCUT2D eigenvalue weighted by molar-refractivity contribution is 7.92. The van der Waals surface area contributed by atoms with Gasteiger partial charge in [-0.25, -0.2) is 8.42 Å². The molecule has 3 aromatic rings. The van der Waals surface area contributed by atoms with Crippen LogP contribution in [0.5, 0.6) is 0 Å². The van der Waals surface area contributed by atoms with Crippen LogP contribution >= 0.6 is 23.2 Å². The monoisotopic (exact) mass is 517 g/mol. The van der Waals surface area contributed by atoms with E-state index < -0.39 is 22.5 Å². The first-order valence-electron chi connectivity index (χ1n) is 11.0. The molecule has 0 spiro atoms. The minimum atomic E-state index is -4.03. The molecule has 178 valence electrons. The number of anilines is 2. The molecule has 1 fully saturated rings. The fourth-order valence-corrected chi connectivity index (χ4v) is 5.85. The van der Waals surface area contributed by atoms with Crippen LogP contribution in [0.15, 0.2) is 77.7 Å². The molecule has 0 radical (unpaired) electrons. The Balaban J connectivity index is 1.50. The van der Waals surface area contributed by atoms with Gasteiger partial charge in [-0.2, -0.15) is 0 Å². The van der Waals surface area contributed by atoms with Crippen molar-refractivity contribution in [3.05, 3.63) is 88.4 Å². The SMILES string of the molecule is O=C(CN(c1cc(Cl)cc(Cl)c1)S(=O)(=O)c1ccccc1)NCc1ccc(N2CCCC2)cc1. The van der Waals surface area contributed by atoms with E-state index in [-0.39, 0.29) is 27.2 Å². The summed E-state index contributed by atoms with van der Waals surface area (Å²) in [5.41, 5.74) is 2.32. The third-order valence-corrected chi connectivity index (χ3v) is 7.88. The highest BCUT2D eigenvalue weighted by Crippen LogP contribution is 2.29. The molecular formula is C25H25Cl2N3O3S. The first kappa shape index (κ1) is 24.4. The van der Waals surface area contributed by atoms with E-state index in [4.69, 9.17) is 23.2 Å². The van der Waals surface area contributed by atoms with Crippen molar-refractivity contribution in [2.75, 3.05) is 28.8 Å². The molecule has 9 heteroatoms. The lowest BCUT2D eigenvalue weighted by molar-refractivity contribution is -0.119. The van der Waals surface area contributed by atoms with E-state index in [1.54, 1.807) is 18.2 Å². The summed E-state index contributed by atoms with van der Waals surface area (Å²) in [5.74, 6) is -0.445. The number of carbonyl (C=O) groups excluding carboxylic acids is 1. The minimum absolute atomic E-state index is 0.0661. The largest absolute Gasteiger partial charge is 0.372 e. The molecule has 1 saturated heterocycles. The zero-order valence-corrected chi connectivity index (χ0v) is 20.8. The number of halogens is 2. The number of benzene rings is 3. The van der Waals surface area contributed by atoms with Gasteiger partial charge in [0.05, 0.1) is 10.6 Å². The third kappa shape index (κ3) is 5.84. The second-order valence-corrected chi connectivity index (χ2v) is 10.8. The highest BCUT2D eigenvalue weighted by Gasteiger charge is 2.27. The van der Waals surface area contributed by atoms with Gasteiger partial charge in [0, 0.05) is 35.4 Å². The van der Waals surface area contributed by atoms with Gasteiger partial charge in [-0.1, -0.05) is 53.5 Å². The van der Waals surface area contributed by atoms with Gasteiger partial charge in [0.25, 0.3) is 10.0 Å². The maximum Gasteiger partial charge on any atom is 0.264 e. The van der Waals surface area contributed by atoms with Crippen LogP contribution in [0.3, 0.4) is 0 Å². The first-order chi connectivity index (χ1) is 16.3. The number of hydrogen-bond acceptors (Lipinski definition) is 4. The molecule has 0 aromatic heterocycles. The fraction of sp³-hybridized carbons (Fsp3) is 0.240. The summed E-state index contributed by atoms with van der Waals surface area (Å²) in [5, 5.41) is 3.36. The predicted octanol–water partition coefficient (Wildman–Crippen LogP) is 5.11. The Bertz CT molecular complexity index is 1230. The molecule has 1 aliphatic heterocycles. The lowest BCUT2D eigenvalue weighted by atomic mass is 10.2. The molecule has 1 amide bonds. The molecule has 0 saturated carbocycles. The fourth-order valence-electron chi connectivity index (χ4n) is 3.90. The quantitative estimate of drug-likeness (QED) is 0.450. The molecule has 1 heterocycles. The van der Waals surface area contributed by atoms with Gasteiger partial charge in [0.15, 0.2) is 0 Å². The second kappa shape index (κ2) is 10.7. The van der Waals surface area contributed by atoms with Crippen molar-refractivity contribution in [2.45, 2.75) is 24.3 Å². The Hall–Kier alpha value is -2.74. The number of rotatable bonds is 8. The van der Waals surface area contributed by atoms with E-state index >= 15 is 0 Å². The highest BCUT2D eigenvalue weighted by atomic mass is 35.5. The van der Waals surface area contributed by atoms with Gasteiger partial charge in [-0.05, 0) is 60.9 Å². The number of nitrogens with zero attached hydrogens (tertiary/aromatic N) is 2.